The Bertz CT molecular complexity index is 1240. The molecule has 6 nitrogen and oxygen atoms in total. The van der Waals surface area contributed by atoms with E-state index in [-0.39, 0.29) is 11.4 Å². The molecule has 1 amide bonds. The van der Waals surface area contributed by atoms with Crippen LogP contribution in [0, 0.1) is 6.92 Å². The van der Waals surface area contributed by atoms with Gasteiger partial charge in [0.25, 0.3) is 10.0 Å². The smallest absolute Gasteiger partial charge is 0.264 e. The van der Waals surface area contributed by atoms with Gasteiger partial charge in [-0.2, -0.15) is 0 Å². The molecule has 1 aliphatic heterocycles. The van der Waals surface area contributed by atoms with Crippen molar-refractivity contribution in [2.45, 2.75) is 31.1 Å². The summed E-state index contributed by atoms with van der Waals surface area (Å²) in [4.78, 5) is 15.4. The fourth-order valence-electron chi connectivity index (χ4n) is 4.11. The van der Waals surface area contributed by atoms with Crippen LogP contribution in [0.15, 0.2) is 77.7 Å². The number of halogens is 1. The largest absolute Gasteiger partial charge is 0.372 e. The molecule has 3 aromatic rings. The van der Waals surface area contributed by atoms with Gasteiger partial charge in [-0.25, -0.2) is 8.42 Å². The Labute approximate surface area is 206 Å². The first-order valence-electron chi connectivity index (χ1n) is 11.3. The summed E-state index contributed by atoms with van der Waals surface area (Å²) in [5, 5.41) is 3.22. The maximum atomic E-state index is 13.5. The number of nitrogens with one attached hydrogen (secondary N) is 1. The molecule has 4 rings (SSSR count). The highest BCUT2D eigenvalue weighted by atomic mass is 35.5. The van der Waals surface area contributed by atoms with E-state index in [1.165, 1.54) is 31.4 Å². The summed E-state index contributed by atoms with van der Waals surface area (Å²) in [6.07, 6.45) is 3.64. The number of amides is 1. The van der Waals surface area contributed by atoms with Crippen molar-refractivity contribution in [1.29, 1.82) is 0 Å². The first-order valence-corrected chi connectivity index (χ1v) is 13.2. The molecule has 0 radical (unpaired) electrons. The van der Waals surface area contributed by atoms with Crippen LogP contribution in [0.2, 0.25) is 5.02 Å². The van der Waals surface area contributed by atoms with Crippen LogP contribution in [-0.4, -0.2) is 34.0 Å². The Hall–Kier alpha value is -3.03. The van der Waals surface area contributed by atoms with Gasteiger partial charge in [-0.3, -0.25) is 9.10 Å². The highest BCUT2D eigenvalue weighted by molar-refractivity contribution is 7.92. The molecule has 0 saturated carbocycles. The molecule has 0 aromatic heterocycles. The number of nitrogens with zero attached hydrogens (tertiary/aromatic N) is 2. The lowest BCUT2D eigenvalue weighted by molar-refractivity contribution is -0.114. The van der Waals surface area contributed by atoms with Crippen molar-refractivity contribution in [2.75, 3.05) is 34.2 Å². The van der Waals surface area contributed by atoms with Gasteiger partial charge in [0.1, 0.15) is 6.54 Å². The highest BCUT2D eigenvalue weighted by Crippen LogP contribution is 2.29. The molecule has 1 saturated heterocycles. The highest BCUT2D eigenvalue weighted by Gasteiger charge is 2.28. The summed E-state index contributed by atoms with van der Waals surface area (Å²) in [6.45, 7) is 3.48. The molecule has 0 aliphatic carbocycles. The fourth-order valence-corrected chi connectivity index (χ4v) is 5.77. The fraction of sp³-hybridized carbons (Fsp3) is 0.269. The van der Waals surface area contributed by atoms with Crippen LogP contribution in [0.25, 0.3) is 0 Å². The minimum Gasteiger partial charge on any atom is -0.372 e. The lowest BCUT2D eigenvalue weighted by atomic mass is 10.1. The van der Waals surface area contributed by atoms with E-state index in [0.29, 0.717) is 22.0 Å². The molecule has 0 atom stereocenters. The minimum atomic E-state index is -3.99. The number of rotatable bonds is 7. The maximum Gasteiger partial charge on any atom is 0.264 e. The number of carbonyl (C=O) groups excluding carboxylic acids is 1. The van der Waals surface area contributed by atoms with E-state index in [0.717, 1.165) is 23.1 Å². The van der Waals surface area contributed by atoms with Crippen LogP contribution in [-0.2, 0) is 14.8 Å². The first kappa shape index (κ1) is 24.1. The maximum absolute atomic E-state index is 13.5. The van der Waals surface area contributed by atoms with Gasteiger partial charge in [0.2, 0.25) is 5.91 Å². The number of anilines is 3. The molecular formula is C26H28ClN3O3S. The summed E-state index contributed by atoms with van der Waals surface area (Å²) in [6, 6.07) is 20.7. The van der Waals surface area contributed by atoms with Gasteiger partial charge in [0, 0.05) is 29.5 Å². The zero-order valence-electron chi connectivity index (χ0n) is 19.1. The second-order valence-corrected chi connectivity index (χ2v) is 10.7. The summed E-state index contributed by atoms with van der Waals surface area (Å²) in [5.74, 6) is -0.440. The number of hydrogen-bond donors (Lipinski definition) is 1. The number of hydrogen-bond acceptors (Lipinski definition) is 4. The third-order valence-corrected chi connectivity index (χ3v) is 7.94. The number of carbonyl (C=O) groups is 1. The molecule has 3 aromatic carbocycles. The van der Waals surface area contributed by atoms with E-state index in [2.05, 4.69) is 10.2 Å². The van der Waals surface area contributed by atoms with Crippen molar-refractivity contribution >= 4 is 44.6 Å². The quantitative estimate of drug-likeness (QED) is 0.469. The van der Waals surface area contributed by atoms with Crippen LogP contribution in [0.4, 0.5) is 17.1 Å². The van der Waals surface area contributed by atoms with Crippen molar-refractivity contribution in [3.63, 3.8) is 0 Å². The van der Waals surface area contributed by atoms with Crippen LogP contribution in [0.5, 0.6) is 0 Å². The third kappa shape index (κ3) is 5.54. The van der Waals surface area contributed by atoms with Crippen molar-refractivity contribution in [2.24, 2.45) is 0 Å². The van der Waals surface area contributed by atoms with Crippen molar-refractivity contribution in [3.05, 3.63) is 83.4 Å². The Balaban J connectivity index is 1.56. The molecule has 0 bridgehead atoms. The van der Waals surface area contributed by atoms with E-state index in [1.54, 1.807) is 43.3 Å². The molecular weight excluding hydrogens is 470 g/mol. The van der Waals surface area contributed by atoms with E-state index >= 15 is 0 Å². The monoisotopic (exact) mass is 497 g/mol. The Morgan fingerprint density at radius 3 is 2.32 bits per heavy atom. The average molecular weight is 498 g/mol. The van der Waals surface area contributed by atoms with E-state index < -0.39 is 15.9 Å². The summed E-state index contributed by atoms with van der Waals surface area (Å²) < 4.78 is 28.1. The van der Waals surface area contributed by atoms with Crippen LogP contribution < -0.4 is 14.5 Å². The van der Waals surface area contributed by atoms with Gasteiger partial charge in [0.05, 0.1) is 10.6 Å². The predicted octanol–water partition coefficient (Wildman–Crippen LogP) is 5.47. The van der Waals surface area contributed by atoms with Crippen LogP contribution in [0.3, 0.4) is 0 Å². The summed E-state index contributed by atoms with van der Waals surface area (Å²) in [7, 11) is -3.99. The molecule has 8 heteroatoms. The lowest BCUT2D eigenvalue weighted by Gasteiger charge is -2.29. The summed E-state index contributed by atoms with van der Waals surface area (Å²) >= 11 is 6.18. The third-order valence-electron chi connectivity index (χ3n) is 5.93. The number of benzene rings is 3. The molecule has 1 fully saturated rings. The molecule has 0 spiro atoms. The van der Waals surface area contributed by atoms with Crippen LogP contribution >= 0.6 is 11.6 Å². The van der Waals surface area contributed by atoms with Crippen molar-refractivity contribution in [1.82, 2.24) is 0 Å². The van der Waals surface area contributed by atoms with Crippen molar-refractivity contribution < 1.29 is 13.2 Å². The second kappa shape index (κ2) is 10.5. The van der Waals surface area contributed by atoms with Crippen molar-refractivity contribution in [3.8, 4) is 0 Å². The van der Waals surface area contributed by atoms with Gasteiger partial charge in [-0.15, -0.1) is 0 Å². The normalized spacial score (nSPS) is 14.0. The zero-order chi connectivity index (χ0) is 24.1. The lowest BCUT2D eigenvalue weighted by Crippen LogP contribution is -2.38. The molecule has 1 N–H and O–H groups in total. The standard InChI is InChI=1S/C26H28ClN3O3S/c1-20-10-11-21(27)18-25(20)30(34(32,33)24-8-4-2-5-9-24)19-26(31)28-22-12-14-23(15-13-22)29-16-6-3-7-17-29/h2,4-5,8-15,18H,3,6-7,16-17,19H2,1H3,(H,28,31). The molecule has 1 heterocycles. The first-order chi connectivity index (χ1) is 16.3. The topological polar surface area (TPSA) is 69.7 Å². The van der Waals surface area contributed by atoms with Gasteiger partial charge in [-0.1, -0.05) is 35.9 Å². The van der Waals surface area contributed by atoms with Gasteiger partial charge in [0.15, 0.2) is 0 Å². The van der Waals surface area contributed by atoms with E-state index in [1.807, 2.05) is 24.3 Å². The van der Waals surface area contributed by atoms with Gasteiger partial charge in [-0.05, 0) is 80.3 Å². The number of piperidine rings is 1. The predicted molar refractivity (Wildman–Crippen MR) is 138 cm³/mol. The second-order valence-electron chi connectivity index (χ2n) is 8.40. The number of aryl methyl sites for hydroxylation is 1. The Morgan fingerprint density at radius 2 is 1.65 bits per heavy atom. The molecule has 0 unspecified atom stereocenters. The van der Waals surface area contributed by atoms with Gasteiger partial charge < -0.3 is 10.2 Å². The number of sulfonamides is 1. The molecule has 1 aliphatic rings. The Kier molecular flexibility index (Phi) is 7.44. The van der Waals surface area contributed by atoms with E-state index in [4.69, 9.17) is 11.6 Å². The Morgan fingerprint density at radius 1 is 0.971 bits per heavy atom. The molecule has 34 heavy (non-hydrogen) atoms. The average Bonchev–Trinajstić information content (AvgIpc) is 2.85. The van der Waals surface area contributed by atoms with Crippen LogP contribution in [0.1, 0.15) is 24.8 Å². The van der Waals surface area contributed by atoms with Gasteiger partial charge >= 0.3 is 0 Å². The zero-order valence-corrected chi connectivity index (χ0v) is 20.6. The van der Waals surface area contributed by atoms with E-state index in [9.17, 15) is 13.2 Å². The summed E-state index contributed by atoms with van der Waals surface area (Å²) in [5.41, 5.74) is 2.81. The minimum absolute atomic E-state index is 0.105. The molecule has 178 valence electrons. The SMILES string of the molecule is Cc1ccc(Cl)cc1N(CC(=O)Nc1ccc(N2CCCCC2)cc1)S(=O)(=O)c1ccccc1.